The zero-order valence-corrected chi connectivity index (χ0v) is 11.4. The summed E-state index contributed by atoms with van der Waals surface area (Å²) in [5, 5.41) is 1.30. The molecule has 2 aromatic carbocycles. The monoisotopic (exact) mass is 252 g/mol. The van der Waals surface area contributed by atoms with E-state index in [0.717, 1.165) is 5.56 Å². The molecule has 0 bridgehead atoms. The molecule has 2 heteroatoms. The molecule has 0 radical (unpaired) electrons. The Morgan fingerprint density at radius 3 is 2.32 bits per heavy atom. The van der Waals surface area contributed by atoms with Crippen LogP contribution in [0.15, 0.2) is 51.7 Å². The van der Waals surface area contributed by atoms with E-state index in [1.807, 2.05) is 42.5 Å². The average Bonchev–Trinajstić information content (AvgIpc) is 2.37. The second-order valence-corrected chi connectivity index (χ2v) is 5.86. The van der Waals surface area contributed by atoms with Crippen LogP contribution in [0.5, 0.6) is 0 Å². The minimum Gasteiger partial charge on any atom is -0.456 e. The summed E-state index contributed by atoms with van der Waals surface area (Å²) in [6.45, 7) is 6.37. The van der Waals surface area contributed by atoms with Gasteiger partial charge in [-0.3, -0.25) is 4.79 Å². The molecule has 1 aromatic heterocycles. The first-order valence-corrected chi connectivity index (χ1v) is 6.43. The molecule has 19 heavy (non-hydrogen) atoms. The molecule has 0 N–H and O–H groups in total. The van der Waals surface area contributed by atoms with Crippen LogP contribution < -0.4 is 5.43 Å². The molecule has 0 aliphatic carbocycles. The van der Waals surface area contributed by atoms with Crippen LogP contribution >= 0.6 is 0 Å². The fourth-order valence-corrected chi connectivity index (χ4v) is 2.41. The normalized spacial score (nSPS) is 12.2. The van der Waals surface area contributed by atoms with E-state index in [4.69, 9.17) is 4.42 Å². The summed E-state index contributed by atoms with van der Waals surface area (Å²) in [5.74, 6) is 0. The van der Waals surface area contributed by atoms with Crippen LogP contribution in [0.3, 0.4) is 0 Å². The van der Waals surface area contributed by atoms with Crippen LogP contribution in [0.2, 0.25) is 0 Å². The summed E-state index contributed by atoms with van der Waals surface area (Å²) in [7, 11) is 0. The number of hydrogen-bond acceptors (Lipinski definition) is 2. The highest BCUT2D eigenvalue weighted by molar-refractivity contribution is 5.91. The Morgan fingerprint density at radius 2 is 1.58 bits per heavy atom. The molecule has 1 heterocycles. The second-order valence-electron chi connectivity index (χ2n) is 5.86. The zero-order chi connectivity index (χ0) is 13.6. The minimum absolute atomic E-state index is 0.0444. The van der Waals surface area contributed by atoms with Crippen LogP contribution in [0.4, 0.5) is 0 Å². The van der Waals surface area contributed by atoms with Gasteiger partial charge in [-0.2, -0.15) is 0 Å². The molecule has 0 spiro atoms. The lowest BCUT2D eigenvalue weighted by Gasteiger charge is -2.20. The van der Waals surface area contributed by atoms with E-state index in [1.54, 1.807) is 0 Å². The van der Waals surface area contributed by atoms with Gasteiger partial charge in [0, 0.05) is 5.56 Å². The van der Waals surface area contributed by atoms with Crippen LogP contribution in [0, 0.1) is 0 Å². The summed E-state index contributed by atoms with van der Waals surface area (Å²) in [4.78, 5) is 12.5. The Labute approximate surface area is 111 Å². The van der Waals surface area contributed by atoms with E-state index in [1.165, 1.54) is 0 Å². The Morgan fingerprint density at radius 1 is 0.895 bits per heavy atom. The first kappa shape index (κ1) is 12.0. The highest BCUT2D eigenvalue weighted by Crippen LogP contribution is 2.30. The van der Waals surface area contributed by atoms with Gasteiger partial charge in [-0.1, -0.05) is 45.0 Å². The quantitative estimate of drug-likeness (QED) is 0.560. The summed E-state index contributed by atoms with van der Waals surface area (Å²) in [6.07, 6.45) is 0. The molecule has 0 amide bonds. The van der Waals surface area contributed by atoms with Crippen molar-refractivity contribution in [2.24, 2.45) is 0 Å². The number of para-hydroxylation sites is 2. The predicted octanol–water partition coefficient (Wildman–Crippen LogP) is 4.24. The smallest absolute Gasteiger partial charge is 0.200 e. The molecular weight excluding hydrogens is 236 g/mol. The summed E-state index contributed by atoms with van der Waals surface area (Å²) >= 11 is 0. The topological polar surface area (TPSA) is 30.2 Å². The first-order chi connectivity index (χ1) is 8.98. The summed E-state index contributed by atoms with van der Waals surface area (Å²) in [5.41, 5.74) is 2.41. The lowest BCUT2D eigenvalue weighted by molar-refractivity contribution is 0.570. The maximum atomic E-state index is 12.5. The van der Waals surface area contributed by atoms with Crippen molar-refractivity contribution < 1.29 is 4.42 Å². The predicted molar refractivity (Wildman–Crippen MR) is 78.7 cm³/mol. The molecule has 0 aliphatic rings. The number of hydrogen-bond donors (Lipinski definition) is 0. The van der Waals surface area contributed by atoms with Gasteiger partial charge >= 0.3 is 0 Å². The standard InChI is InChI=1S/C17H16O2/c1-17(2,3)13-9-6-8-12-15(18)11-7-4-5-10-14(11)19-16(12)13/h4-10H,1-3H3. The molecule has 3 aromatic rings. The van der Waals surface area contributed by atoms with Gasteiger partial charge in [0.2, 0.25) is 5.43 Å². The van der Waals surface area contributed by atoms with Crippen molar-refractivity contribution in [1.82, 2.24) is 0 Å². The molecule has 3 rings (SSSR count). The average molecular weight is 252 g/mol. The highest BCUT2D eigenvalue weighted by atomic mass is 16.3. The van der Waals surface area contributed by atoms with E-state index in [0.29, 0.717) is 21.9 Å². The Hall–Kier alpha value is -2.09. The van der Waals surface area contributed by atoms with Gasteiger partial charge in [-0.25, -0.2) is 0 Å². The highest BCUT2D eigenvalue weighted by Gasteiger charge is 2.20. The maximum absolute atomic E-state index is 12.5. The van der Waals surface area contributed by atoms with Crippen molar-refractivity contribution >= 4 is 21.9 Å². The van der Waals surface area contributed by atoms with Gasteiger partial charge < -0.3 is 4.42 Å². The first-order valence-electron chi connectivity index (χ1n) is 6.43. The lowest BCUT2D eigenvalue weighted by Crippen LogP contribution is -2.13. The van der Waals surface area contributed by atoms with Gasteiger partial charge in [0.15, 0.2) is 0 Å². The molecule has 2 nitrogen and oxygen atoms in total. The van der Waals surface area contributed by atoms with Crippen molar-refractivity contribution in [2.45, 2.75) is 26.2 Å². The Balaban J connectivity index is 2.55. The van der Waals surface area contributed by atoms with Crippen molar-refractivity contribution in [3.8, 4) is 0 Å². The van der Waals surface area contributed by atoms with Crippen molar-refractivity contribution in [3.63, 3.8) is 0 Å². The third kappa shape index (κ3) is 1.84. The molecule has 0 unspecified atom stereocenters. The molecular formula is C17H16O2. The van der Waals surface area contributed by atoms with Gasteiger partial charge in [-0.05, 0) is 23.6 Å². The van der Waals surface area contributed by atoms with Crippen molar-refractivity contribution in [2.75, 3.05) is 0 Å². The molecule has 0 saturated carbocycles. The third-order valence-electron chi connectivity index (χ3n) is 3.41. The molecule has 0 aliphatic heterocycles. The van der Waals surface area contributed by atoms with E-state index in [9.17, 15) is 4.79 Å². The molecule has 0 atom stereocenters. The largest absolute Gasteiger partial charge is 0.456 e. The molecule has 96 valence electrons. The van der Waals surface area contributed by atoms with Gasteiger partial charge in [-0.15, -0.1) is 0 Å². The zero-order valence-electron chi connectivity index (χ0n) is 11.4. The van der Waals surface area contributed by atoms with Gasteiger partial charge in [0.25, 0.3) is 0 Å². The van der Waals surface area contributed by atoms with E-state index >= 15 is 0 Å². The van der Waals surface area contributed by atoms with Crippen LogP contribution in [0.25, 0.3) is 21.9 Å². The lowest BCUT2D eigenvalue weighted by atomic mass is 9.86. The summed E-state index contributed by atoms with van der Waals surface area (Å²) < 4.78 is 5.98. The number of rotatable bonds is 0. The van der Waals surface area contributed by atoms with Crippen LogP contribution in [0.1, 0.15) is 26.3 Å². The summed E-state index contributed by atoms with van der Waals surface area (Å²) in [6, 6.07) is 13.2. The fraction of sp³-hybridized carbons (Fsp3) is 0.235. The Bertz CT molecular complexity index is 820. The maximum Gasteiger partial charge on any atom is 0.200 e. The van der Waals surface area contributed by atoms with E-state index in [-0.39, 0.29) is 10.8 Å². The van der Waals surface area contributed by atoms with Crippen molar-refractivity contribution in [3.05, 3.63) is 58.3 Å². The van der Waals surface area contributed by atoms with Crippen LogP contribution in [-0.2, 0) is 5.41 Å². The number of benzene rings is 2. The van der Waals surface area contributed by atoms with Crippen LogP contribution in [-0.4, -0.2) is 0 Å². The van der Waals surface area contributed by atoms with Crippen molar-refractivity contribution in [1.29, 1.82) is 0 Å². The number of fused-ring (bicyclic) bond motifs is 2. The van der Waals surface area contributed by atoms with Gasteiger partial charge in [0.05, 0.1) is 10.8 Å². The SMILES string of the molecule is CC(C)(C)c1cccc2c(=O)c3ccccc3oc12. The molecule has 0 fully saturated rings. The van der Waals surface area contributed by atoms with Gasteiger partial charge in [0.1, 0.15) is 11.2 Å². The second kappa shape index (κ2) is 3.95. The minimum atomic E-state index is -0.0576. The molecule has 0 saturated heterocycles. The Kier molecular flexibility index (Phi) is 2.49. The fourth-order valence-electron chi connectivity index (χ4n) is 2.41. The van der Waals surface area contributed by atoms with E-state index in [2.05, 4.69) is 20.8 Å². The third-order valence-corrected chi connectivity index (χ3v) is 3.41. The van der Waals surface area contributed by atoms with E-state index < -0.39 is 0 Å².